The second kappa shape index (κ2) is 14.6. The van der Waals surface area contributed by atoms with Gasteiger partial charge >= 0.3 is 51.4 Å². The minimum atomic E-state index is -2.56. The Kier molecular flexibility index (Phi) is 15.4. The van der Waals surface area contributed by atoms with E-state index in [1.54, 1.807) is 0 Å². The second-order valence-electron chi connectivity index (χ2n) is 14.5. The van der Waals surface area contributed by atoms with Crippen LogP contribution in [-0.4, -0.2) is 73.3 Å². The normalized spacial score (nSPS) is 15.3. The molecule has 0 aromatic heterocycles. The summed E-state index contributed by atoms with van der Waals surface area (Å²) in [5.41, 5.74) is 0. The van der Waals surface area contributed by atoms with Crippen molar-refractivity contribution < 1.29 is 28.8 Å². The summed E-state index contributed by atoms with van der Waals surface area (Å²) in [5.74, 6) is 0. The highest BCUT2D eigenvalue weighted by Gasteiger charge is 2.49. The molecule has 0 unspecified atom stereocenters. The lowest BCUT2D eigenvalue weighted by Crippen LogP contribution is -2.61. The van der Waals surface area contributed by atoms with Crippen molar-refractivity contribution in [1.29, 1.82) is 0 Å². The van der Waals surface area contributed by atoms with Gasteiger partial charge in [0, 0.05) is 5.33 Å². The number of halogens is 1. The van der Waals surface area contributed by atoms with E-state index in [2.05, 4.69) is 127 Å². The average molecular weight is 742 g/mol. The quantitative estimate of drug-likeness (QED) is 0.0745. The first-order chi connectivity index (χ1) is 16.5. The summed E-state index contributed by atoms with van der Waals surface area (Å²) in [5, 5.41) is 1.07. The highest BCUT2D eigenvalue weighted by atomic mass is 79.9. The van der Waals surface area contributed by atoms with Crippen molar-refractivity contribution >= 4 is 83.9 Å². The van der Waals surface area contributed by atoms with Crippen molar-refractivity contribution in [2.75, 3.05) is 5.33 Å². The van der Waals surface area contributed by atoms with Crippen LogP contribution in [-0.2, 0) is 28.8 Å². The molecule has 0 amide bonds. The summed E-state index contributed by atoms with van der Waals surface area (Å²) in [6.45, 7) is 36.6. The predicted molar refractivity (Wildman–Crippen MR) is 186 cm³/mol. The third-order valence-electron chi connectivity index (χ3n) is 4.94. The molecule has 0 aromatic rings. The van der Waals surface area contributed by atoms with E-state index in [0.29, 0.717) is 0 Å². The van der Waals surface area contributed by atoms with Gasteiger partial charge < -0.3 is 28.8 Å². The monoisotopic (exact) mass is 740 g/mol. The molecular weight excluding hydrogens is 681 g/mol. The maximum atomic E-state index is 6.74. The Labute approximate surface area is 253 Å². The van der Waals surface area contributed by atoms with Crippen molar-refractivity contribution in [3.63, 3.8) is 0 Å². The van der Waals surface area contributed by atoms with Crippen LogP contribution in [0.1, 0.15) is 19.3 Å². The van der Waals surface area contributed by atoms with Gasteiger partial charge in [0.05, 0.1) is 0 Å². The van der Waals surface area contributed by atoms with Gasteiger partial charge in [-0.1, -0.05) is 28.8 Å². The van der Waals surface area contributed by atoms with E-state index in [0.717, 1.165) is 11.4 Å². The molecule has 0 saturated heterocycles. The Morgan fingerprint density at radius 1 is 0.368 bits per heavy atom. The molecule has 0 rings (SSSR count). The molecule has 38 heavy (non-hydrogen) atoms. The number of rotatable bonds is 19. The summed E-state index contributed by atoms with van der Waals surface area (Å²) in [6.07, 6.45) is 3.68. The molecule has 0 radical (unpaired) electrons. The smallest absolute Gasteiger partial charge is 0.314 e. The molecule has 0 spiro atoms. The van der Waals surface area contributed by atoms with E-state index in [9.17, 15) is 0 Å². The lowest BCUT2D eigenvalue weighted by Gasteiger charge is -2.44. The van der Waals surface area contributed by atoms with Crippen molar-refractivity contribution in [3.8, 4) is 0 Å². The van der Waals surface area contributed by atoms with Crippen LogP contribution in [0.3, 0.4) is 0 Å². The van der Waals surface area contributed by atoms with Crippen molar-refractivity contribution in [2.45, 2.75) is 137 Å². The van der Waals surface area contributed by atoms with Gasteiger partial charge in [-0.15, -0.1) is 0 Å². The van der Waals surface area contributed by atoms with Gasteiger partial charge in [-0.2, -0.15) is 0 Å². The number of hydrogen-bond donors (Lipinski definition) is 0. The molecule has 0 N–H and O–H groups in total. The van der Waals surface area contributed by atoms with Crippen LogP contribution in [0.2, 0.25) is 117 Å². The van der Waals surface area contributed by atoms with Crippen molar-refractivity contribution in [2.24, 2.45) is 0 Å². The molecule has 0 saturated carbocycles. The van der Waals surface area contributed by atoms with E-state index >= 15 is 0 Å². The van der Waals surface area contributed by atoms with E-state index in [4.69, 9.17) is 28.8 Å². The molecule has 0 aliphatic heterocycles. The Morgan fingerprint density at radius 3 is 0.947 bits per heavy atom. The van der Waals surface area contributed by atoms with Gasteiger partial charge in [-0.3, -0.25) is 0 Å². The first kappa shape index (κ1) is 39.9. The van der Waals surface area contributed by atoms with Crippen LogP contribution in [0.4, 0.5) is 0 Å². The summed E-state index contributed by atoms with van der Waals surface area (Å²) < 4.78 is 46.5. The molecule has 0 bridgehead atoms. The minimum absolute atomic E-state index is 1.07. The van der Waals surface area contributed by atoms with Crippen LogP contribution >= 0.6 is 15.9 Å². The largest absolute Gasteiger partial charge is 0.437 e. The summed E-state index contributed by atoms with van der Waals surface area (Å²) in [7, 11) is -18.3. The van der Waals surface area contributed by atoms with Gasteiger partial charge in [0.1, 0.15) is 0 Å². The molecular formula is C22H61BrO7Si8. The zero-order valence-corrected chi connectivity index (χ0v) is 37.4. The lowest BCUT2D eigenvalue weighted by atomic mass is 10.3. The Bertz CT molecular complexity index is 729. The van der Waals surface area contributed by atoms with E-state index in [1.807, 2.05) is 0 Å². The third kappa shape index (κ3) is 19.9. The molecule has 0 atom stereocenters. The first-order valence-corrected chi connectivity index (χ1v) is 38.5. The standard InChI is InChI=1S/C22H61BrO7Si8/c1-31(2,3)24-33(6,7)26-35(10,11)28-37(14,15)30-38(16,17)29-36(12,13)27-34(8,9)25-32(4,5)22-20-18-19-21-23/h18-22H2,1-17H3. The predicted octanol–water partition coefficient (Wildman–Crippen LogP) is 8.92. The van der Waals surface area contributed by atoms with Crippen LogP contribution in [0.15, 0.2) is 0 Å². The minimum Gasteiger partial charge on any atom is -0.437 e. The number of unbranched alkanes of at least 4 members (excludes halogenated alkanes) is 2. The van der Waals surface area contributed by atoms with Gasteiger partial charge in [-0.05, 0) is 124 Å². The number of hydrogen-bond acceptors (Lipinski definition) is 7. The van der Waals surface area contributed by atoms with Crippen molar-refractivity contribution in [3.05, 3.63) is 0 Å². The fraction of sp³-hybridized carbons (Fsp3) is 1.00. The number of alkyl halides is 1. The first-order valence-electron chi connectivity index (χ1n) is 14.0. The van der Waals surface area contributed by atoms with Crippen LogP contribution in [0.25, 0.3) is 0 Å². The molecule has 7 nitrogen and oxygen atoms in total. The molecule has 0 aromatic carbocycles. The molecule has 230 valence electrons. The SMILES string of the molecule is C[Si](C)(C)O[Si](C)(C)O[Si](C)(C)O[Si](C)(C)O[Si](C)(C)O[Si](C)(C)O[Si](C)(C)O[Si](C)(C)CCCCCBr. The van der Waals surface area contributed by atoms with Gasteiger partial charge in [-0.25, -0.2) is 0 Å². The van der Waals surface area contributed by atoms with Crippen LogP contribution in [0.5, 0.6) is 0 Å². The van der Waals surface area contributed by atoms with Crippen molar-refractivity contribution in [1.82, 2.24) is 0 Å². The summed E-state index contributed by atoms with van der Waals surface area (Å²) in [6, 6.07) is 1.16. The van der Waals surface area contributed by atoms with E-state index in [1.165, 1.54) is 19.3 Å². The van der Waals surface area contributed by atoms with Gasteiger partial charge in [0.25, 0.3) is 0 Å². The summed E-state index contributed by atoms with van der Waals surface area (Å²) >= 11 is 3.53. The second-order valence-corrected chi connectivity index (χ2v) is 46.0. The third-order valence-corrected chi connectivity index (χ3v) is 35.3. The Morgan fingerprint density at radius 2 is 0.658 bits per heavy atom. The summed E-state index contributed by atoms with van der Waals surface area (Å²) in [4.78, 5) is 0. The molecule has 16 heteroatoms. The maximum absolute atomic E-state index is 6.74. The van der Waals surface area contributed by atoms with Gasteiger partial charge in [0.15, 0.2) is 16.6 Å². The molecule has 0 aliphatic carbocycles. The van der Waals surface area contributed by atoms with E-state index in [-0.39, 0.29) is 0 Å². The Balaban J connectivity index is 5.23. The Hall–Kier alpha value is 1.94. The highest BCUT2D eigenvalue weighted by Crippen LogP contribution is 2.30. The molecule has 0 aliphatic rings. The zero-order chi connectivity index (χ0) is 30.5. The average Bonchev–Trinajstić information content (AvgIpc) is 2.48. The van der Waals surface area contributed by atoms with Crippen LogP contribution in [0, 0.1) is 0 Å². The zero-order valence-electron chi connectivity index (χ0n) is 27.8. The van der Waals surface area contributed by atoms with E-state index < -0.39 is 68.0 Å². The highest BCUT2D eigenvalue weighted by molar-refractivity contribution is 9.09. The van der Waals surface area contributed by atoms with Gasteiger partial charge in [0.2, 0.25) is 0 Å². The molecule has 0 fully saturated rings. The van der Waals surface area contributed by atoms with Crippen LogP contribution < -0.4 is 0 Å². The lowest BCUT2D eigenvalue weighted by molar-refractivity contribution is 0.265. The molecule has 0 heterocycles. The topological polar surface area (TPSA) is 64.6 Å². The maximum Gasteiger partial charge on any atom is 0.314 e. The fourth-order valence-electron chi connectivity index (χ4n) is 5.36. The fourth-order valence-corrected chi connectivity index (χ4v) is 45.4.